The van der Waals surface area contributed by atoms with E-state index in [9.17, 15) is 0 Å². The van der Waals surface area contributed by atoms with Crippen LogP contribution < -0.4 is 15.0 Å². The van der Waals surface area contributed by atoms with E-state index in [0.717, 1.165) is 29.9 Å². The molecular weight excluding hydrogens is 218 g/mol. The van der Waals surface area contributed by atoms with Crippen LogP contribution in [0.4, 0.5) is 0 Å². The molecule has 0 amide bonds. The Hall–Kier alpha value is -1.26. The van der Waals surface area contributed by atoms with E-state index in [-0.39, 0.29) is 0 Å². The van der Waals surface area contributed by atoms with E-state index < -0.39 is 5.79 Å². The highest BCUT2D eigenvalue weighted by Crippen LogP contribution is 2.45. The Morgan fingerprint density at radius 1 is 1.12 bits per heavy atom. The van der Waals surface area contributed by atoms with Crippen LogP contribution in [0.1, 0.15) is 37.7 Å². The van der Waals surface area contributed by atoms with Crippen LogP contribution in [0, 0.1) is 0 Å². The first-order chi connectivity index (χ1) is 8.31. The molecule has 3 rings (SSSR count). The maximum absolute atomic E-state index is 8.69. The minimum absolute atomic E-state index is 0.411. The molecule has 0 atom stereocenters. The fraction of sp³-hybridized carbons (Fsp3) is 0.538. The molecule has 17 heavy (non-hydrogen) atoms. The molecular formula is C13H17NO3. The van der Waals surface area contributed by atoms with Crippen molar-refractivity contribution < 1.29 is 14.7 Å². The predicted octanol–water partition coefficient (Wildman–Crippen LogP) is 2.60. The van der Waals surface area contributed by atoms with Crippen LogP contribution in [0.15, 0.2) is 18.2 Å². The van der Waals surface area contributed by atoms with E-state index >= 15 is 0 Å². The lowest BCUT2D eigenvalue weighted by molar-refractivity contribution is -0.105. The molecule has 1 spiro atoms. The summed E-state index contributed by atoms with van der Waals surface area (Å²) in [6.45, 7) is 0.420. The molecule has 1 fully saturated rings. The van der Waals surface area contributed by atoms with Crippen molar-refractivity contribution in [1.29, 1.82) is 0 Å². The van der Waals surface area contributed by atoms with Crippen LogP contribution in [-0.2, 0) is 6.54 Å². The number of hydrogen-bond acceptors (Lipinski definition) is 4. The summed E-state index contributed by atoms with van der Waals surface area (Å²) < 4.78 is 12.0. The molecule has 4 nitrogen and oxygen atoms in total. The van der Waals surface area contributed by atoms with Crippen molar-refractivity contribution in [2.45, 2.75) is 44.4 Å². The summed E-state index contributed by atoms with van der Waals surface area (Å²) in [5, 5.41) is 8.69. The number of benzene rings is 1. The van der Waals surface area contributed by atoms with Gasteiger partial charge in [0.2, 0.25) is 0 Å². The van der Waals surface area contributed by atoms with Crippen molar-refractivity contribution in [3.63, 3.8) is 0 Å². The molecule has 0 bridgehead atoms. The smallest absolute Gasteiger partial charge is 0.251 e. The van der Waals surface area contributed by atoms with E-state index in [4.69, 9.17) is 14.7 Å². The van der Waals surface area contributed by atoms with E-state index in [1.807, 2.05) is 18.2 Å². The maximum atomic E-state index is 8.69. The molecule has 2 N–H and O–H groups in total. The van der Waals surface area contributed by atoms with Crippen molar-refractivity contribution in [1.82, 2.24) is 5.48 Å². The van der Waals surface area contributed by atoms with Gasteiger partial charge in [0, 0.05) is 19.4 Å². The highest BCUT2D eigenvalue weighted by molar-refractivity contribution is 5.46. The van der Waals surface area contributed by atoms with Gasteiger partial charge in [-0.05, 0) is 30.5 Å². The SMILES string of the molecule is ONCc1ccc2c(c1)OC1(CCCCC1)O2. The summed E-state index contributed by atoms with van der Waals surface area (Å²) in [6, 6.07) is 5.79. The normalized spacial score (nSPS) is 20.8. The number of rotatable bonds is 2. The van der Waals surface area contributed by atoms with Crippen LogP contribution in [0.3, 0.4) is 0 Å². The molecule has 0 saturated heterocycles. The van der Waals surface area contributed by atoms with Crippen molar-refractivity contribution in [3.8, 4) is 11.5 Å². The summed E-state index contributed by atoms with van der Waals surface area (Å²) in [5.74, 6) is 1.22. The molecule has 0 radical (unpaired) electrons. The van der Waals surface area contributed by atoms with Gasteiger partial charge in [-0.25, -0.2) is 5.48 Å². The third-order valence-corrected chi connectivity index (χ3v) is 3.50. The highest BCUT2D eigenvalue weighted by atomic mass is 16.7. The zero-order chi connectivity index (χ0) is 11.7. The molecule has 92 valence electrons. The van der Waals surface area contributed by atoms with Crippen LogP contribution in [0.5, 0.6) is 11.5 Å². The molecule has 2 aliphatic rings. The number of hydrogen-bond donors (Lipinski definition) is 2. The van der Waals surface area contributed by atoms with Crippen LogP contribution in [-0.4, -0.2) is 11.0 Å². The zero-order valence-electron chi connectivity index (χ0n) is 9.74. The fourth-order valence-electron chi connectivity index (χ4n) is 2.63. The summed E-state index contributed by atoms with van der Waals surface area (Å²) in [6.07, 6.45) is 5.53. The average Bonchev–Trinajstić information content (AvgIpc) is 2.67. The highest BCUT2D eigenvalue weighted by Gasteiger charge is 2.42. The Labute approximate surface area is 100 Å². The van der Waals surface area contributed by atoms with E-state index in [0.29, 0.717) is 6.54 Å². The lowest BCUT2D eigenvalue weighted by Crippen LogP contribution is -2.40. The molecule has 1 aromatic rings. The molecule has 0 unspecified atom stereocenters. The Balaban J connectivity index is 1.82. The van der Waals surface area contributed by atoms with Gasteiger partial charge in [0.05, 0.1) is 0 Å². The van der Waals surface area contributed by atoms with Gasteiger partial charge in [-0.3, -0.25) is 0 Å². The third kappa shape index (κ3) is 1.98. The first kappa shape index (κ1) is 10.9. The molecule has 4 heteroatoms. The lowest BCUT2D eigenvalue weighted by atomic mass is 9.94. The maximum Gasteiger partial charge on any atom is 0.251 e. The first-order valence-electron chi connectivity index (χ1n) is 6.19. The summed E-state index contributed by atoms with van der Waals surface area (Å²) in [7, 11) is 0. The van der Waals surface area contributed by atoms with Gasteiger partial charge in [-0.2, -0.15) is 0 Å². The third-order valence-electron chi connectivity index (χ3n) is 3.50. The summed E-state index contributed by atoms with van der Waals surface area (Å²) in [4.78, 5) is 0. The van der Waals surface area contributed by atoms with Crippen molar-refractivity contribution in [2.24, 2.45) is 0 Å². The molecule has 1 saturated carbocycles. The molecule has 0 aromatic heterocycles. The predicted molar refractivity (Wildman–Crippen MR) is 62.1 cm³/mol. The second-order valence-electron chi connectivity index (χ2n) is 4.79. The van der Waals surface area contributed by atoms with Gasteiger partial charge in [0.15, 0.2) is 11.5 Å². The minimum atomic E-state index is -0.411. The van der Waals surface area contributed by atoms with Crippen LogP contribution in [0.25, 0.3) is 0 Å². The van der Waals surface area contributed by atoms with Crippen LogP contribution >= 0.6 is 0 Å². The van der Waals surface area contributed by atoms with Crippen molar-refractivity contribution in [3.05, 3.63) is 23.8 Å². The number of hydroxylamine groups is 1. The molecule has 1 aliphatic carbocycles. The summed E-state index contributed by atoms with van der Waals surface area (Å²) >= 11 is 0. The van der Waals surface area contributed by atoms with Gasteiger partial charge >= 0.3 is 0 Å². The molecule has 1 aromatic carbocycles. The van der Waals surface area contributed by atoms with Crippen LogP contribution in [0.2, 0.25) is 0 Å². The Morgan fingerprint density at radius 2 is 1.88 bits per heavy atom. The van der Waals surface area contributed by atoms with E-state index in [1.165, 1.54) is 19.3 Å². The van der Waals surface area contributed by atoms with Crippen molar-refractivity contribution >= 4 is 0 Å². The van der Waals surface area contributed by atoms with Gasteiger partial charge in [-0.1, -0.05) is 12.5 Å². The van der Waals surface area contributed by atoms with E-state index in [1.54, 1.807) is 0 Å². The van der Waals surface area contributed by atoms with Crippen molar-refractivity contribution in [2.75, 3.05) is 0 Å². The van der Waals surface area contributed by atoms with Gasteiger partial charge in [0.25, 0.3) is 5.79 Å². The number of fused-ring (bicyclic) bond motifs is 1. The van der Waals surface area contributed by atoms with Gasteiger partial charge in [0.1, 0.15) is 0 Å². The summed E-state index contributed by atoms with van der Waals surface area (Å²) in [5.41, 5.74) is 3.14. The number of nitrogens with one attached hydrogen (secondary N) is 1. The average molecular weight is 235 g/mol. The Morgan fingerprint density at radius 3 is 2.65 bits per heavy atom. The van der Waals surface area contributed by atoms with E-state index in [2.05, 4.69) is 5.48 Å². The first-order valence-corrected chi connectivity index (χ1v) is 6.19. The molecule has 1 heterocycles. The second-order valence-corrected chi connectivity index (χ2v) is 4.79. The second kappa shape index (κ2) is 4.20. The fourth-order valence-corrected chi connectivity index (χ4v) is 2.63. The Kier molecular flexibility index (Phi) is 2.68. The topological polar surface area (TPSA) is 50.7 Å². The van der Waals surface area contributed by atoms with Gasteiger partial charge in [-0.15, -0.1) is 0 Å². The molecule has 1 aliphatic heterocycles. The zero-order valence-corrected chi connectivity index (χ0v) is 9.74. The minimum Gasteiger partial charge on any atom is -0.448 e. The quantitative estimate of drug-likeness (QED) is 0.774. The van der Waals surface area contributed by atoms with Gasteiger partial charge < -0.3 is 14.7 Å². The monoisotopic (exact) mass is 235 g/mol. The largest absolute Gasteiger partial charge is 0.448 e. The Bertz CT molecular complexity index is 413. The number of ether oxygens (including phenoxy) is 2. The standard InChI is InChI=1S/C13H17NO3/c15-14-9-10-4-5-11-12(8-10)17-13(16-11)6-2-1-3-7-13/h4-5,8,14-15H,1-3,6-7,9H2. The lowest BCUT2D eigenvalue weighted by Gasteiger charge is -2.31.